The molecule has 1 fully saturated rings. The number of nitrogens with one attached hydrogen (secondary N) is 1. The first-order valence-electron chi connectivity index (χ1n) is 7.19. The second-order valence-electron chi connectivity index (χ2n) is 5.34. The van der Waals surface area contributed by atoms with Crippen LogP contribution in [-0.2, 0) is 4.79 Å². The highest BCUT2D eigenvalue weighted by molar-refractivity contribution is 5.73. The first kappa shape index (κ1) is 13.6. The molecule has 1 saturated heterocycles. The van der Waals surface area contributed by atoms with Crippen LogP contribution in [0.1, 0.15) is 19.8 Å². The monoisotopic (exact) mass is 285 g/mol. The van der Waals surface area contributed by atoms with Crippen molar-refractivity contribution in [1.29, 1.82) is 0 Å². The smallest absolute Gasteiger partial charge is 0.219 e. The van der Waals surface area contributed by atoms with E-state index in [0.717, 1.165) is 37.3 Å². The summed E-state index contributed by atoms with van der Waals surface area (Å²) in [6, 6.07) is 8.60. The fraction of sp³-hybridized carbons (Fsp3) is 0.400. The van der Waals surface area contributed by atoms with Crippen LogP contribution < -0.4 is 5.32 Å². The van der Waals surface area contributed by atoms with Crippen molar-refractivity contribution >= 4 is 11.6 Å². The molecular weight excluding hydrogens is 266 g/mol. The van der Waals surface area contributed by atoms with Crippen LogP contribution in [0.25, 0.3) is 5.69 Å². The van der Waals surface area contributed by atoms with E-state index in [2.05, 4.69) is 27.6 Å². The van der Waals surface area contributed by atoms with Crippen molar-refractivity contribution in [3.63, 3.8) is 0 Å². The molecule has 0 unspecified atom stereocenters. The van der Waals surface area contributed by atoms with E-state index in [4.69, 9.17) is 0 Å². The molecular formula is C15H19N5O. The predicted octanol–water partition coefficient (Wildman–Crippen LogP) is 1.69. The normalized spacial score (nSPS) is 16.0. The van der Waals surface area contributed by atoms with Crippen molar-refractivity contribution in [1.82, 2.24) is 19.7 Å². The molecule has 1 aliphatic rings. The van der Waals surface area contributed by atoms with Gasteiger partial charge in [0.25, 0.3) is 0 Å². The quantitative estimate of drug-likeness (QED) is 0.932. The number of anilines is 1. The number of nitrogens with zero attached hydrogens (tertiary/aromatic N) is 4. The Bertz CT molecular complexity index is 602. The lowest BCUT2D eigenvalue weighted by Gasteiger charge is -2.32. The fourth-order valence-corrected chi connectivity index (χ4v) is 2.66. The minimum Gasteiger partial charge on any atom is -0.382 e. The van der Waals surface area contributed by atoms with Gasteiger partial charge in [0.1, 0.15) is 12.7 Å². The molecule has 2 aromatic rings. The molecule has 3 rings (SSSR count). The Balaban J connectivity index is 1.64. The predicted molar refractivity (Wildman–Crippen MR) is 80.3 cm³/mol. The lowest BCUT2D eigenvalue weighted by atomic mass is 10.0. The number of piperidine rings is 1. The zero-order chi connectivity index (χ0) is 14.7. The molecule has 0 saturated carbocycles. The molecule has 1 aromatic carbocycles. The first-order chi connectivity index (χ1) is 10.2. The molecule has 1 aliphatic heterocycles. The Morgan fingerprint density at radius 2 is 1.95 bits per heavy atom. The summed E-state index contributed by atoms with van der Waals surface area (Å²) in [6.45, 7) is 3.30. The van der Waals surface area contributed by atoms with Gasteiger partial charge < -0.3 is 10.2 Å². The summed E-state index contributed by atoms with van der Waals surface area (Å²) in [4.78, 5) is 13.2. The molecule has 110 valence electrons. The molecule has 6 heteroatoms. The first-order valence-corrected chi connectivity index (χ1v) is 7.19. The summed E-state index contributed by atoms with van der Waals surface area (Å²) in [5, 5.41) is 11.2. The maximum atomic E-state index is 11.3. The highest BCUT2D eigenvalue weighted by atomic mass is 16.2. The van der Waals surface area contributed by atoms with Gasteiger partial charge in [-0.25, -0.2) is 0 Å². The van der Waals surface area contributed by atoms with Crippen LogP contribution in [0.5, 0.6) is 0 Å². The molecule has 21 heavy (non-hydrogen) atoms. The number of likely N-dealkylation sites (tertiary alicyclic amines) is 1. The van der Waals surface area contributed by atoms with E-state index in [1.165, 1.54) is 0 Å². The molecule has 1 amide bonds. The molecule has 6 nitrogen and oxygen atoms in total. The van der Waals surface area contributed by atoms with Gasteiger partial charge in [0.15, 0.2) is 0 Å². The van der Waals surface area contributed by atoms with Crippen molar-refractivity contribution in [2.24, 2.45) is 0 Å². The number of carbonyl (C=O) groups is 1. The SMILES string of the molecule is CC(=O)N1CCC(Nc2cccc(-n3cnnc3)c2)CC1. The standard InChI is InChI=1S/C15H19N5O/c1-12(21)19-7-5-13(6-8-19)18-14-3-2-4-15(9-14)20-10-16-17-11-20/h2-4,9-11,13,18H,5-8H2,1H3. The number of hydrogen-bond donors (Lipinski definition) is 1. The summed E-state index contributed by atoms with van der Waals surface area (Å²) >= 11 is 0. The number of hydrogen-bond acceptors (Lipinski definition) is 4. The minimum atomic E-state index is 0.169. The van der Waals surface area contributed by atoms with Gasteiger partial charge >= 0.3 is 0 Å². The average molecular weight is 285 g/mol. The van der Waals surface area contributed by atoms with Crippen molar-refractivity contribution < 1.29 is 4.79 Å². The maximum absolute atomic E-state index is 11.3. The topological polar surface area (TPSA) is 63.1 Å². The number of aromatic nitrogens is 3. The molecule has 0 bridgehead atoms. The Hall–Kier alpha value is -2.37. The van der Waals surface area contributed by atoms with Crippen LogP contribution in [0.2, 0.25) is 0 Å². The van der Waals surface area contributed by atoms with E-state index in [1.807, 2.05) is 21.6 Å². The van der Waals surface area contributed by atoms with Crippen LogP contribution in [0.3, 0.4) is 0 Å². The number of benzene rings is 1. The van der Waals surface area contributed by atoms with Gasteiger partial charge in [-0.1, -0.05) is 6.07 Å². The summed E-state index contributed by atoms with van der Waals surface area (Å²) < 4.78 is 1.88. The van der Waals surface area contributed by atoms with Crippen molar-refractivity contribution in [3.8, 4) is 5.69 Å². The maximum Gasteiger partial charge on any atom is 0.219 e. The number of carbonyl (C=O) groups excluding carboxylic acids is 1. The third-order valence-corrected chi connectivity index (χ3v) is 3.87. The largest absolute Gasteiger partial charge is 0.382 e. The third kappa shape index (κ3) is 3.21. The second kappa shape index (κ2) is 5.95. The van der Waals surface area contributed by atoms with E-state index in [9.17, 15) is 4.79 Å². The van der Waals surface area contributed by atoms with E-state index in [-0.39, 0.29) is 5.91 Å². The van der Waals surface area contributed by atoms with Crippen molar-refractivity contribution in [2.45, 2.75) is 25.8 Å². The molecule has 0 radical (unpaired) electrons. The molecule has 0 spiro atoms. The Kier molecular flexibility index (Phi) is 3.85. The lowest BCUT2D eigenvalue weighted by Crippen LogP contribution is -2.41. The van der Waals surface area contributed by atoms with E-state index in [0.29, 0.717) is 6.04 Å². The highest BCUT2D eigenvalue weighted by Crippen LogP contribution is 2.19. The zero-order valence-corrected chi connectivity index (χ0v) is 12.1. The molecule has 0 aliphatic carbocycles. The van der Waals surface area contributed by atoms with Gasteiger partial charge in [0.05, 0.1) is 5.69 Å². The van der Waals surface area contributed by atoms with Crippen LogP contribution in [-0.4, -0.2) is 44.7 Å². The van der Waals surface area contributed by atoms with Crippen LogP contribution in [0.4, 0.5) is 5.69 Å². The third-order valence-electron chi connectivity index (χ3n) is 3.87. The van der Waals surface area contributed by atoms with Gasteiger partial charge in [0.2, 0.25) is 5.91 Å². The Morgan fingerprint density at radius 1 is 1.24 bits per heavy atom. The van der Waals surface area contributed by atoms with Crippen LogP contribution in [0.15, 0.2) is 36.9 Å². The van der Waals surface area contributed by atoms with Crippen LogP contribution in [0, 0.1) is 0 Å². The fourth-order valence-electron chi connectivity index (χ4n) is 2.66. The summed E-state index contributed by atoms with van der Waals surface area (Å²) in [6.07, 6.45) is 5.34. The van der Waals surface area contributed by atoms with Crippen LogP contribution >= 0.6 is 0 Å². The number of rotatable bonds is 3. The summed E-state index contributed by atoms with van der Waals surface area (Å²) in [5.41, 5.74) is 2.12. The van der Waals surface area contributed by atoms with Gasteiger partial charge in [-0.15, -0.1) is 10.2 Å². The molecule has 1 N–H and O–H groups in total. The van der Waals surface area contributed by atoms with Gasteiger partial charge in [-0.2, -0.15) is 0 Å². The number of amides is 1. The van der Waals surface area contributed by atoms with E-state index >= 15 is 0 Å². The van der Waals surface area contributed by atoms with Gasteiger partial charge in [0, 0.05) is 31.7 Å². The second-order valence-corrected chi connectivity index (χ2v) is 5.34. The molecule has 1 aromatic heterocycles. The van der Waals surface area contributed by atoms with Crippen molar-refractivity contribution in [3.05, 3.63) is 36.9 Å². The van der Waals surface area contributed by atoms with E-state index < -0.39 is 0 Å². The minimum absolute atomic E-state index is 0.169. The average Bonchev–Trinajstić information content (AvgIpc) is 3.02. The lowest BCUT2D eigenvalue weighted by molar-refractivity contribution is -0.129. The Morgan fingerprint density at radius 3 is 2.62 bits per heavy atom. The zero-order valence-electron chi connectivity index (χ0n) is 12.1. The van der Waals surface area contributed by atoms with Gasteiger partial charge in [-0.05, 0) is 31.0 Å². The molecule has 2 heterocycles. The highest BCUT2D eigenvalue weighted by Gasteiger charge is 2.20. The van der Waals surface area contributed by atoms with E-state index in [1.54, 1.807) is 19.6 Å². The Labute approximate surface area is 123 Å². The van der Waals surface area contributed by atoms with Crippen molar-refractivity contribution in [2.75, 3.05) is 18.4 Å². The molecule has 0 atom stereocenters. The summed E-state index contributed by atoms with van der Waals surface area (Å²) in [7, 11) is 0. The summed E-state index contributed by atoms with van der Waals surface area (Å²) in [5.74, 6) is 0.169. The van der Waals surface area contributed by atoms with Gasteiger partial charge in [-0.3, -0.25) is 9.36 Å².